The second-order valence-corrected chi connectivity index (χ2v) is 5.46. The molecule has 0 aliphatic carbocycles. The number of ether oxygens (including phenoxy) is 2. The van der Waals surface area contributed by atoms with Crippen molar-refractivity contribution in [3.8, 4) is 11.5 Å². The van der Waals surface area contributed by atoms with Crippen LogP contribution in [0.1, 0.15) is 12.5 Å². The Morgan fingerprint density at radius 2 is 2.30 bits per heavy atom. The first-order chi connectivity index (χ1) is 9.65. The van der Waals surface area contributed by atoms with E-state index in [0.717, 1.165) is 5.56 Å². The number of carbonyl (C=O) groups excluding carboxylic acids is 1. The molecule has 106 valence electrons. The summed E-state index contributed by atoms with van der Waals surface area (Å²) in [5.41, 5.74) is 0.804. The maximum atomic E-state index is 11.5. The predicted octanol–water partition coefficient (Wildman–Crippen LogP) is 2.29. The molecular formula is C13H14N2O3S2. The molecule has 0 radical (unpaired) electrons. The Labute approximate surface area is 126 Å². The van der Waals surface area contributed by atoms with Crippen LogP contribution in [0.15, 0.2) is 23.3 Å². The monoisotopic (exact) mass is 310 g/mol. The highest BCUT2D eigenvalue weighted by molar-refractivity contribution is 8.23. The topological polar surface area (TPSA) is 51.1 Å². The van der Waals surface area contributed by atoms with Crippen LogP contribution in [-0.2, 0) is 4.79 Å². The number of methoxy groups -OCH3 is 1. The molecule has 1 aliphatic heterocycles. The van der Waals surface area contributed by atoms with Gasteiger partial charge in [-0.05, 0) is 30.7 Å². The number of hydrogen-bond acceptors (Lipinski definition) is 6. The van der Waals surface area contributed by atoms with Gasteiger partial charge in [0, 0.05) is 0 Å². The number of thioether (sulfide) groups is 1. The van der Waals surface area contributed by atoms with Gasteiger partial charge in [-0.3, -0.25) is 4.79 Å². The fourth-order valence-corrected chi connectivity index (χ4v) is 2.59. The van der Waals surface area contributed by atoms with Gasteiger partial charge in [0.2, 0.25) is 0 Å². The van der Waals surface area contributed by atoms with Crippen molar-refractivity contribution in [2.75, 3.05) is 19.5 Å². The summed E-state index contributed by atoms with van der Waals surface area (Å²) >= 11 is 6.36. The minimum absolute atomic E-state index is 0.103. The molecule has 5 nitrogen and oxygen atoms in total. The number of hydrogen-bond donors (Lipinski definition) is 0. The predicted molar refractivity (Wildman–Crippen MR) is 83.7 cm³/mol. The number of thiocarbonyl (C=S) groups is 1. The van der Waals surface area contributed by atoms with Gasteiger partial charge in [-0.25, -0.2) is 0 Å². The lowest BCUT2D eigenvalue weighted by atomic mass is 10.2. The third kappa shape index (κ3) is 3.29. The van der Waals surface area contributed by atoms with Gasteiger partial charge in [-0.1, -0.05) is 24.0 Å². The quantitative estimate of drug-likeness (QED) is 0.617. The van der Waals surface area contributed by atoms with Crippen molar-refractivity contribution in [1.29, 1.82) is 0 Å². The van der Waals surface area contributed by atoms with E-state index in [9.17, 15) is 4.79 Å². The smallest absolute Gasteiger partial charge is 0.259 e. The van der Waals surface area contributed by atoms with E-state index in [1.807, 2.05) is 19.1 Å². The molecule has 0 N–H and O–H groups in total. The summed E-state index contributed by atoms with van der Waals surface area (Å²) in [4.78, 5) is 11.5. The van der Waals surface area contributed by atoms with Gasteiger partial charge in [0.1, 0.15) is 0 Å². The fraction of sp³-hybridized carbons (Fsp3) is 0.308. The van der Waals surface area contributed by atoms with Gasteiger partial charge in [0.15, 0.2) is 15.8 Å². The zero-order valence-corrected chi connectivity index (χ0v) is 12.8. The molecule has 0 bridgehead atoms. The molecule has 0 atom stereocenters. The molecule has 1 aliphatic rings. The summed E-state index contributed by atoms with van der Waals surface area (Å²) in [6.07, 6.45) is 1.58. The van der Waals surface area contributed by atoms with E-state index in [4.69, 9.17) is 21.7 Å². The van der Waals surface area contributed by atoms with Crippen molar-refractivity contribution in [2.24, 2.45) is 5.10 Å². The minimum Gasteiger partial charge on any atom is -0.493 e. The van der Waals surface area contributed by atoms with Crippen molar-refractivity contribution >= 4 is 40.4 Å². The Morgan fingerprint density at radius 3 is 2.90 bits per heavy atom. The van der Waals surface area contributed by atoms with E-state index in [2.05, 4.69) is 5.10 Å². The van der Waals surface area contributed by atoms with Crippen LogP contribution < -0.4 is 9.47 Å². The maximum Gasteiger partial charge on any atom is 0.259 e. The van der Waals surface area contributed by atoms with Crippen molar-refractivity contribution in [3.63, 3.8) is 0 Å². The van der Waals surface area contributed by atoms with Crippen LogP contribution in [0.5, 0.6) is 11.5 Å². The van der Waals surface area contributed by atoms with Crippen molar-refractivity contribution in [3.05, 3.63) is 23.8 Å². The number of benzene rings is 1. The Morgan fingerprint density at radius 1 is 1.50 bits per heavy atom. The van der Waals surface area contributed by atoms with Gasteiger partial charge in [0.25, 0.3) is 5.91 Å². The highest BCUT2D eigenvalue weighted by atomic mass is 32.2. The van der Waals surface area contributed by atoms with E-state index in [-0.39, 0.29) is 5.91 Å². The minimum atomic E-state index is -0.103. The molecule has 20 heavy (non-hydrogen) atoms. The second kappa shape index (κ2) is 6.71. The Kier molecular flexibility index (Phi) is 4.97. The summed E-state index contributed by atoms with van der Waals surface area (Å²) in [6, 6.07) is 5.45. The Bertz CT molecular complexity index is 545. The van der Waals surface area contributed by atoms with E-state index in [0.29, 0.717) is 28.2 Å². The molecule has 1 amide bonds. The molecule has 0 spiro atoms. The van der Waals surface area contributed by atoms with Gasteiger partial charge >= 0.3 is 0 Å². The summed E-state index contributed by atoms with van der Waals surface area (Å²) in [7, 11) is 1.58. The van der Waals surface area contributed by atoms with Crippen molar-refractivity contribution in [1.82, 2.24) is 5.01 Å². The SMILES string of the molecule is CCOc1ccc(/C=N/N2C(=O)CSC2=S)cc1OC. The summed E-state index contributed by atoms with van der Waals surface area (Å²) in [6.45, 7) is 2.48. The van der Waals surface area contributed by atoms with Crippen molar-refractivity contribution in [2.45, 2.75) is 6.92 Å². The van der Waals surface area contributed by atoms with Crippen LogP contribution in [0.25, 0.3) is 0 Å². The van der Waals surface area contributed by atoms with Crippen LogP contribution in [-0.4, -0.2) is 40.9 Å². The van der Waals surface area contributed by atoms with Crippen LogP contribution in [0.4, 0.5) is 0 Å². The van der Waals surface area contributed by atoms with Gasteiger partial charge in [-0.15, -0.1) is 0 Å². The lowest BCUT2D eigenvalue weighted by Crippen LogP contribution is -2.22. The lowest BCUT2D eigenvalue weighted by Gasteiger charge is -2.10. The largest absolute Gasteiger partial charge is 0.493 e. The third-order valence-corrected chi connectivity index (χ3v) is 3.88. The standard InChI is InChI=1S/C13H14N2O3S2/c1-3-18-10-5-4-9(6-11(10)17-2)7-14-15-12(16)8-20-13(15)19/h4-7H,3,8H2,1-2H3/b14-7+. The molecule has 1 saturated heterocycles. The molecule has 1 aromatic rings. The fourth-order valence-electron chi connectivity index (χ4n) is 1.62. The average Bonchev–Trinajstić information content (AvgIpc) is 2.77. The van der Waals surface area contributed by atoms with E-state index in [1.54, 1.807) is 19.4 Å². The van der Waals surface area contributed by atoms with E-state index < -0.39 is 0 Å². The summed E-state index contributed by atoms with van der Waals surface area (Å²) in [5.74, 6) is 1.55. The first kappa shape index (κ1) is 14.8. The second-order valence-electron chi connectivity index (χ2n) is 3.85. The van der Waals surface area contributed by atoms with Crippen LogP contribution in [0.3, 0.4) is 0 Å². The molecular weight excluding hydrogens is 296 g/mol. The number of rotatable bonds is 5. The first-order valence-corrected chi connectivity index (χ1v) is 7.39. The van der Waals surface area contributed by atoms with Crippen LogP contribution >= 0.6 is 24.0 Å². The molecule has 0 saturated carbocycles. The Hall–Kier alpha value is -1.60. The molecule has 1 fully saturated rings. The van der Waals surface area contributed by atoms with Crippen LogP contribution in [0.2, 0.25) is 0 Å². The van der Waals surface area contributed by atoms with Crippen molar-refractivity contribution < 1.29 is 14.3 Å². The van der Waals surface area contributed by atoms with E-state index in [1.165, 1.54) is 16.8 Å². The molecule has 0 unspecified atom stereocenters. The molecule has 1 heterocycles. The van der Waals surface area contributed by atoms with Gasteiger partial charge in [0.05, 0.1) is 25.7 Å². The Balaban J connectivity index is 2.17. The number of amides is 1. The highest BCUT2D eigenvalue weighted by Gasteiger charge is 2.25. The molecule has 2 rings (SSSR count). The number of nitrogens with zero attached hydrogens (tertiary/aromatic N) is 2. The summed E-state index contributed by atoms with van der Waals surface area (Å²) in [5, 5.41) is 5.35. The molecule has 0 aromatic heterocycles. The zero-order chi connectivity index (χ0) is 14.5. The third-order valence-electron chi connectivity index (χ3n) is 2.54. The zero-order valence-electron chi connectivity index (χ0n) is 11.2. The molecule has 7 heteroatoms. The average molecular weight is 310 g/mol. The summed E-state index contributed by atoms with van der Waals surface area (Å²) < 4.78 is 11.2. The normalized spacial score (nSPS) is 15.2. The van der Waals surface area contributed by atoms with Gasteiger partial charge < -0.3 is 9.47 Å². The molecule has 1 aromatic carbocycles. The van der Waals surface area contributed by atoms with Gasteiger partial charge in [-0.2, -0.15) is 10.1 Å². The van der Waals surface area contributed by atoms with Crippen LogP contribution in [0, 0.1) is 0 Å². The maximum absolute atomic E-state index is 11.5. The highest BCUT2D eigenvalue weighted by Crippen LogP contribution is 2.27. The lowest BCUT2D eigenvalue weighted by molar-refractivity contribution is -0.123. The van der Waals surface area contributed by atoms with E-state index >= 15 is 0 Å². The number of carbonyl (C=O) groups is 1. The first-order valence-electron chi connectivity index (χ1n) is 6.00. The number of hydrazone groups is 1.